The molecule has 3 aliphatic rings. The second-order valence-corrected chi connectivity index (χ2v) is 17.7. The van der Waals surface area contributed by atoms with Gasteiger partial charge >= 0.3 is 0 Å². The van der Waals surface area contributed by atoms with E-state index in [2.05, 4.69) is 41.9 Å². The quantitative estimate of drug-likeness (QED) is 0.178. The first-order chi connectivity index (χ1) is 30.0. The number of nitrogens with zero attached hydrogens (tertiary/aromatic N) is 3. The van der Waals surface area contributed by atoms with E-state index in [4.69, 9.17) is 4.74 Å². The fourth-order valence-corrected chi connectivity index (χ4v) is 8.11. The number of ether oxygens (including phenoxy) is 1. The van der Waals surface area contributed by atoms with Crippen molar-refractivity contribution in [3.05, 3.63) is 54.1 Å². The van der Waals surface area contributed by atoms with Crippen LogP contribution in [0.4, 0.5) is 0 Å². The Morgan fingerprint density at radius 1 is 0.619 bits per heavy atom. The van der Waals surface area contributed by atoms with Crippen molar-refractivity contribution < 1.29 is 43.1 Å². The maximum atomic E-state index is 14.3. The molecule has 63 heavy (non-hydrogen) atoms. The predicted octanol–water partition coefficient (Wildman–Crippen LogP) is 0.0613. The average molecular weight is 877 g/mol. The van der Waals surface area contributed by atoms with Crippen LogP contribution >= 0.6 is 0 Å². The fourth-order valence-electron chi connectivity index (χ4n) is 8.11. The summed E-state index contributed by atoms with van der Waals surface area (Å²) >= 11 is 0. The topological polar surface area (TPSA) is 253 Å². The van der Waals surface area contributed by atoms with E-state index in [1.807, 2.05) is 30.3 Å². The standard InChI is InChI=1S/C44H64N10O9/c1-24(2)34-41(59)49-31(22-63-21-28-13-9-8-10-14-28)39(57)48-30(19-29-20-45-23-46-29)38(56)47-27(7)37(55)50-35(25(3)4)42(60)52-36(26(5)6)44(62)54-18-12-16-33(54)43(61)53-17-11-15-32(53)40(58)51-34/h8-10,13-14,20,23-27,30-36H,11-12,15-19,21-22H2,1-7H3,(H,45,46)(H,47,56)(H,48,57)(H,49,59)(H,50,55)(H,51,58)(H,52,60)/t27-,30-,31-,32-,33-,34-,35-,36-/m0/s1. The number of aromatic amines is 1. The number of hydrogen-bond acceptors (Lipinski definition) is 10. The molecule has 19 heteroatoms. The minimum atomic E-state index is -1.36. The lowest BCUT2D eigenvalue weighted by molar-refractivity contribution is -0.149. The van der Waals surface area contributed by atoms with E-state index in [0.29, 0.717) is 31.4 Å². The largest absolute Gasteiger partial charge is 0.374 e. The number of nitrogens with one attached hydrogen (secondary N) is 7. The van der Waals surface area contributed by atoms with Gasteiger partial charge in [0.05, 0.1) is 19.5 Å². The Kier molecular flexibility index (Phi) is 16.8. The third-order valence-electron chi connectivity index (χ3n) is 11.8. The van der Waals surface area contributed by atoms with Crippen LogP contribution in [0, 0.1) is 17.8 Å². The van der Waals surface area contributed by atoms with Gasteiger partial charge in [-0.3, -0.25) is 38.4 Å². The van der Waals surface area contributed by atoms with E-state index in [1.54, 1.807) is 41.5 Å². The second kappa shape index (κ2) is 22.0. The number of amides is 8. The summed E-state index contributed by atoms with van der Waals surface area (Å²) in [5, 5.41) is 16.5. The lowest BCUT2D eigenvalue weighted by Crippen LogP contribution is -2.62. The van der Waals surface area contributed by atoms with Crippen molar-refractivity contribution in [3.63, 3.8) is 0 Å². The molecule has 0 saturated carbocycles. The zero-order valence-corrected chi connectivity index (χ0v) is 37.3. The van der Waals surface area contributed by atoms with Gasteiger partial charge in [-0.15, -0.1) is 0 Å². The molecule has 2 aromatic rings. The molecule has 0 radical (unpaired) electrons. The molecule has 3 saturated heterocycles. The molecule has 1 aromatic heterocycles. The number of carbonyl (C=O) groups is 8. The molecular formula is C44H64N10O9. The van der Waals surface area contributed by atoms with Crippen molar-refractivity contribution in [2.75, 3.05) is 19.7 Å². The van der Waals surface area contributed by atoms with Gasteiger partial charge in [-0.2, -0.15) is 0 Å². The SMILES string of the molecule is CC(C)[C@@H]1NC(=O)[C@H](C)NC(=O)[C@H](Cc2cnc[nH]2)NC(=O)[C@H](COCc2ccccc2)NC(=O)[C@H](C(C)C)NC(=O)[C@@H]2CCCN2C(=O)[C@@H]2CCCN2C(=O)[C@H](C(C)C)NC1=O. The molecule has 1 aromatic carbocycles. The maximum absolute atomic E-state index is 14.3. The molecule has 7 N–H and O–H groups in total. The number of rotatable bonds is 9. The summed E-state index contributed by atoms with van der Waals surface area (Å²) in [5.74, 6) is -6.27. The molecule has 4 heterocycles. The lowest BCUT2D eigenvalue weighted by atomic mass is 9.98. The third-order valence-corrected chi connectivity index (χ3v) is 11.8. The van der Waals surface area contributed by atoms with Crippen molar-refractivity contribution in [2.24, 2.45) is 17.8 Å². The molecule has 0 spiro atoms. The van der Waals surface area contributed by atoms with Gasteiger partial charge in [-0.25, -0.2) is 4.98 Å². The van der Waals surface area contributed by atoms with Gasteiger partial charge in [0, 0.05) is 31.4 Å². The van der Waals surface area contributed by atoms with Gasteiger partial charge < -0.3 is 51.4 Å². The highest BCUT2D eigenvalue weighted by atomic mass is 16.5. The smallest absolute Gasteiger partial charge is 0.246 e. The Balaban J connectivity index is 1.50. The van der Waals surface area contributed by atoms with Gasteiger partial charge in [0.15, 0.2) is 0 Å². The van der Waals surface area contributed by atoms with Crippen LogP contribution in [0.2, 0.25) is 0 Å². The van der Waals surface area contributed by atoms with Crippen LogP contribution < -0.4 is 31.9 Å². The van der Waals surface area contributed by atoms with Crippen LogP contribution in [0.15, 0.2) is 42.9 Å². The molecule has 0 aliphatic carbocycles. The molecule has 5 rings (SSSR count). The van der Waals surface area contributed by atoms with Crippen LogP contribution in [-0.2, 0) is 56.1 Å². The van der Waals surface area contributed by atoms with E-state index in [-0.39, 0.29) is 32.7 Å². The summed E-state index contributed by atoms with van der Waals surface area (Å²) in [6, 6.07) is 0.199. The van der Waals surface area contributed by atoms with Crippen molar-refractivity contribution >= 4 is 47.3 Å². The van der Waals surface area contributed by atoms with E-state index in [1.165, 1.54) is 29.2 Å². The number of benzene rings is 1. The normalized spacial score (nSPS) is 27.6. The molecule has 8 amide bonds. The van der Waals surface area contributed by atoms with E-state index in [9.17, 15) is 38.4 Å². The summed E-state index contributed by atoms with van der Waals surface area (Å²) in [5.41, 5.74) is 1.29. The first-order valence-electron chi connectivity index (χ1n) is 22.0. The van der Waals surface area contributed by atoms with Crippen molar-refractivity contribution in [1.29, 1.82) is 0 Å². The summed E-state index contributed by atoms with van der Waals surface area (Å²) in [6.07, 6.45) is 4.53. The average Bonchev–Trinajstić information content (AvgIpc) is 4.05. The van der Waals surface area contributed by atoms with Crippen LogP contribution in [-0.4, -0.2) is 135 Å². The van der Waals surface area contributed by atoms with Gasteiger partial charge in [0.2, 0.25) is 47.3 Å². The number of carbonyl (C=O) groups excluding carboxylic acids is 8. The highest BCUT2D eigenvalue weighted by Gasteiger charge is 2.45. The Morgan fingerprint density at radius 2 is 1.16 bits per heavy atom. The number of hydrogen-bond donors (Lipinski definition) is 7. The molecule has 3 fully saturated rings. The van der Waals surface area contributed by atoms with Gasteiger partial charge in [0.1, 0.15) is 48.3 Å². The van der Waals surface area contributed by atoms with Crippen molar-refractivity contribution in [2.45, 2.75) is 136 Å². The highest BCUT2D eigenvalue weighted by molar-refractivity contribution is 5.99. The summed E-state index contributed by atoms with van der Waals surface area (Å²) in [7, 11) is 0. The summed E-state index contributed by atoms with van der Waals surface area (Å²) in [4.78, 5) is 122. The van der Waals surface area contributed by atoms with E-state index in [0.717, 1.165) is 5.56 Å². The zero-order chi connectivity index (χ0) is 46.0. The first-order valence-corrected chi connectivity index (χ1v) is 22.0. The van der Waals surface area contributed by atoms with Crippen LogP contribution in [0.5, 0.6) is 0 Å². The number of aromatic nitrogens is 2. The first kappa shape index (κ1) is 48.2. The molecule has 3 aliphatic heterocycles. The maximum Gasteiger partial charge on any atom is 0.246 e. The van der Waals surface area contributed by atoms with Gasteiger partial charge in [0.25, 0.3) is 0 Å². The van der Waals surface area contributed by atoms with E-state index >= 15 is 0 Å². The molecule has 8 atom stereocenters. The minimum absolute atomic E-state index is 0.0851. The second-order valence-electron chi connectivity index (χ2n) is 17.7. The Hall–Kier alpha value is -5.85. The number of imidazole rings is 1. The van der Waals surface area contributed by atoms with Crippen LogP contribution in [0.3, 0.4) is 0 Å². The fraction of sp³-hybridized carbons (Fsp3) is 0.614. The van der Waals surface area contributed by atoms with Crippen molar-refractivity contribution in [3.8, 4) is 0 Å². The summed E-state index contributed by atoms with van der Waals surface area (Å²) < 4.78 is 5.93. The third kappa shape index (κ3) is 12.4. The predicted molar refractivity (Wildman–Crippen MR) is 230 cm³/mol. The van der Waals surface area contributed by atoms with Crippen LogP contribution in [0.25, 0.3) is 0 Å². The highest BCUT2D eigenvalue weighted by Crippen LogP contribution is 2.27. The molecule has 0 unspecified atom stereocenters. The van der Waals surface area contributed by atoms with Gasteiger partial charge in [-0.05, 0) is 55.9 Å². The Labute approximate surface area is 368 Å². The number of H-pyrrole nitrogens is 1. The monoisotopic (exact) mass is 876 g/mol. The number of fused-ring (bicyclic) bond motifs is 2. The Bertz CT molecular complexity index is 1940. The van der Waals surface area contributed by atoms with E-state index < -0.39 is 113 Å². The van der Waals surface area contributed by atoms with Gasteiger partial charge in [-0.1, -0.05) is 71.9 Å². The van der Waals surface area contributed by atoms with Crippen LogP contribution in [0.1, 0.15) is 85.4 Å². The minimum Gasteiger partial charge on any atom is -0.374 e. The Morgan fingerprint density at radius 3 is 1.76 bits per heavy atom. The zero-order valence-electron chi connectivity index (χ0n) is 37.3. The molecule has 19 nitrogen and oxygen atoms in total. The summed E-state index contributed by atoms with van der Waals surface area (Å²) in [6.45, 7) is 12.2. The van der Waals surface area contributed by atoms with Crippen molar-refractivity contribution in [1.82, 2.24) is 51.7 Å². The lowest BCUT2D eigenvalue weighted by Gasteiger charge is -2.35. The molecule has 344 valence electrons. The molecule has 0 bridgehead atoms. The molecular weight excluding hydrogens is 813 g/mol.